The van der Waals surface area contributed by atoms with Gasteiger partial charge in [-0.3, -0.25) is 4.98 Å². The minimum atomic E-state index is -4.46. The van der Waals surface area contributed by atoms with Crippen LogP contribution in [0.2, 0.25) is 5.02 Å². The minimum absolute atomic E-state index is 0.0905. The van der Waals surface area contributed by atoms with Gasteiger partial charge >= 0.3 is 6.18 Å². The molecule has 2 rings (SSSR count). The molecule has 0 amide bonds. The maximum absolute atomic E-state index is 13.5. The monoisotopic (exact) mass is 363 g/mol. The van der Waals surface area contributed by atoms with E-state index in [0.717, 1.165) is 16.3 Å². The van der Waals surface area contributed by atoms with Crippen molar-refractivity contribution in [3.63, 3.8) is 0 Å². The van der Waals surface area contributed by atoms with Gasteiger partial charge in [0, 0.05) is 5.02 Å². The van der Waals surface area contributed by atoms with Crippen molar-refractivity contribution in [1.29, 1.82) is 0 Å². The van der Waals surface area contributed by atoms with Gasteiger partial charge in [0.1, 0.15) is 11.1 Å². The fourth-order valence-electron chi connectivity index (χ4n) is 1.92. The van der Waals surface area contributed by atoms with Gasteiger partial charge in [-0.25, -0.2) is 9.29 Å². The summed E-state index contributed by atoms with van der Waals surface area (Å²) < 4.78 is 46.4. The lowest BCUT2D eigenvalue weighted by Crippen LogP contribution is -2.32. The summed E-state index contributed by atoms with van der Waals surface area (Å²) in [5, 5.41) is 0.679. The Bertz CT molecular complexity index is 654. The normalized spacial score (nSPS) is 13.2. The maximum atomic E-state index is 13.5. The number of ether oxygens (including phenoxy) is 1. The second-order valence-corrected chi connectivity index (χ2v) is 6.15. The van der Waals surface area contributed by atoms with Crippen LogP contribution >= 0.6 is 23.5 Å². The van der Waals surface area contributed by atoms with Crippen LogP contribution in [0.25, 0.3) is 0 Å². The lowest BCUT2D eigenvalue weighted by molar-refractivity contribution is -0.169. The molecule has 0 fully saturated rings. The zero-order chi connectivity index (χ0) is 17.0. The Labute approximate surface area is 140 Å². The van der Waals surface area contributed by atoms with Gasteiger partial charge in [0.2, 0.25) is 5.88 Å². The summed E-state index contributed by atoms with van der Waals surface area (Å²) in [6.07, 6.45) is -1.70. The summed E-state index contributed by atoms with van der Waals surface area (Å²) in [4.78, 5) is 7.93. The average molecular weight is 364 g/mol. The first kappa shape index (κ1) is 17.8. The van der Waals surface area contributed by atoms with E-state index in [1.54, 1.807) is 0 Å². The molecule has 4 nitrogen and oxygen atoms in total. The van der Waals surface area contributed by atoms with Gasteiger partial charge in [-0.15, -0.1) is 0 Å². The van der Waals surface area contributed by atoms with E-state index in [1.807, 2.05) is 0 Å². The molecule has 0 spiro atoms. The van der Waals surface area contributed by atoms with Gasteiger partial charge in [0.25, 0.3) is 0 Å². The summed E-state index contributed by atoms with van der Waals surface area (Å²) >= 11 is 6.57. The number of methoxy groups -OCH3 is 1. The van der Waals surface area contributed by atoms with Crippen molar-refractivity contribution in [2.24, 2.45) is 0 Å². The molecule has 1 atom stereocenters. The fraction of sp³-hybridized carbons (Fsp3) is 0.286. The molecule has 0 radical (unpaired) electrons. The molecular weight excluding hydrogens is 351 g/mol. The number of rotatable bonds is 5. The van der Waals surface area contributed by atoms with E-state index in [2.05, 4.69) is 9.97 Å². The van der Waals surface area contributed by atoms with Crippen molar-refractivity contribution >= 4 is 23.5 Å². The van der Waals surface area contributed by atoms with Crippen molar-refractivity contribution in [3.8, 4) is 5.88 Å². The summed E-state index contributed by atoms with van der Waals surface area (Å²) in [5.74, 6) is 0.235. The van der Waals surface area contributed by atoms with Crippen molar-refractivity contribution in [3.05, 3.63) is 47.2 Å². The highest BCUT2D eigenvalue weighted by Crippen LogP contribution is 2.41. The van der Waals surface area contributed by atoms with Crippen LogP contribution in [0.1, 0.15) is 11.6 Å². The van der Waals surface area contributed by atoms with Crippen LogP contribution in [0.4, 0.5) is 13.2 Å². The SMILES string of the molecule is COc1cncc(SN(C)C(c2ccc(Cl)cc2)C(F)(F)F)n1. The van der Waals surface area contributed by atoms with E-state index in [9.17, 15) is 13.2 Å². The van der Waals surface area contributed by atoms with Gasteiger partial charge in [-0.1, -0.05) is 23.7 Å². The number of hydrogen-bond donors (Lipinski definition) is 0. The van der Waals surface area contributed by atoms with Crippen LogP contribution in [-0.4, -0.2) is 34.6 Å². The average Bonchev–Trinajstić information content (AvgIpc) is 2.48. The zero-order valence-corrected chi connectivity index (χ0v) is 13.8. The summed E-state index contributed by atoms with van der Waals surface area (Å²) in [6.45, 7) is 0. The molecule has 1 heterocycles. The van der Waals surface area contributed by atoms with Crippen LogP contribution in [0.3, 0.4) is 0 Å². The standard InChI is InChI=1S/C14H13ClF3N3OS/c1-21(23-12-8-19-7-11(20-12)22-2)13(14(16,17)18)9-3-5-10(15)6-4-9/h3-8,13H,1-2H3. The minimum Gasteiger partial charge on any atom is -0.480 e. The van der Waals surface area contributed by atoms with Crippen molar-refractivity contribution in [1.82, 2.24) is 14.3 Å². The molecule has 9 heteroatoms. The fourth-order valence-corrected chi connectivity index (χ4v) is 2.93. The third kappa shape index (κ3) is 4.73. The number of hydrogen-bond acceptors (Lipinski definition) is 5. The Morgan fingerprint density at radius 2 is 1.87 bits per heavy atom. The maximum Gasteiger partial charge on any atom is 0.408 e. The van der Waals surface area contributed by atoms with Gasteiger partial charge < -0.3 is 4.74 Å². The lowest BCUT2D eigenvalue weighted by Gasteiger charge is -2.28. The molecule has 23 heavy (non-hydrogen) atoms. The van der Waals surface area contributed by atoms with E-state index in [4.69, 9.17) is 16.3 Å². The van der Waals surface area contributed by atoms with E-state index < -0.39 is 12.2 Å². The lowest BCUT2D eigenvalue weighted by atomic mass is 10.1. The largest absolute Gasteiger partial charge is 0.480 e. The molecule has 0 aliphatic carbocycles. The molecule has 2 aromatic rings. The van der Waals surface area contributed by atoms with E-state index in [1.165, 1.54) is 50.8 Å². The van der Waals surface area contributed by atoms with Crippen molar-refractivity contribution < 1.29 is 17.9 Å². The summed E-state index contributed by atoms with van der Waals surface area (Å²) in [5.41, 5.74) is 0.0905. The molecule has 0 aliphatic heterocycles. The Kier molecular flexibility index (Phi) is 5.72. The Morgan fingerprint density at radius 1 is 1.22 bits per heavy atom. The van der Waals surface area contributed by atoms with Gasteiger partial charge in [-0.2, -0.15) is 13.2 Å². The molecule has 0 saturated heterocycles. The molecule has 0 N–H and O–H groups in total. The van der Waals surface area contributed by atoms with E-state index in [0.29, 0.717) is 10.0 Å². The molecule has 1 unspecified atom stereocenters. The van der Waals surface area contributed by atoms with Crippen LogP contribution in [0.5, 0.6) is 5.88 Å². The predicted molar refractivity (Wildman–Crippen MR) is 82.5 cm³/mol. The molecule has 1 aromatic heterocycles. The molecule has 0 bridgehead atoms. The molecule has 0 aliphatic rings. The van der Waals surface area contributed by atoms with Crippen LogP contribution in [0, 0.1) is 0 Å². The topological polar surface area (TPSA) is 38.2 Å². The van der Waals surface area contributed by atoms with E-state index >= 15 is 0 Å². The first-order valence-electron chi connectivity index (χ1n) is 6.40. The Morgan fingerprint density at radius 3 is 2.43 bits per heavy atom. The number of halogens is 4. The predicted octanol–water partition coefficient (Wildman–Crippen LogP) is 4.38. The smallest absolute Gasteiger partial charge is 0.408 e. The number of alkyl halides is 3. The first-order chi connectivity index (χ1) is 10.8. The van der Waals surface area contributed by atoms with Crippen LogP contribution < -0.4 is 4.74 Å². The van der Waals surface area contributed by atoms with Crippen molar-refractivity contribution in [2.75, 3.05) is 14.2 Å². The number of nitrogens with zero attached hydrogens (tertiary/aromatic N) is 3. The Balaban J connectivity index is 2.26. The quantitative estimate of drug-likeness (QED) is 0.737. The van der Waals surface area contributed by atoms with Gasteiger partial charge in [-0.05, 0) is 36.7 Å². The van der Waals surface area contributed by atoms with Gasteiger partial charge in [0.15, 0.2) is 0 Å². The number of aromatic nitrogens is 2. The van der Waals surface area contributed by atoms with Crippen LogP contribution in [0.15, 0.2) is 41.7 Å². The molecule has 1 aromatic carbocycles. The highest BCUT2D eigenvalue weighted by atomic mass is 35.5. The number of benzene rings is 1. The first-order valence-corrected chi connectivity index (χ1v) is 7.55. The second kappa shape index (κ2) is 7.37. The van der Waals surface area contributed by atoms with E-state index in [-0.39, 0.29) is 11.4 Å². The second-order valence-electron chi connectivity index (χ2n) is 4.53. The molecular formula is C14H13ClF3N3OS. The highest BCUT2D eigenvalue weighted by molar-refractivity contribution is 7.97. The summed E-state index contributed by atoms with van der Waals surface area (Å²) in [7, 11) is 2.76. The third-order valence-corrected chi connectivity index (χ3v) is 4.03. The van der Waals surface area contributed by atoms with Gasteiger partial charge in [0.05, 0.1) is 19.5 Å². The highest BCUT2D eigenvalue weighted by Gasteiger charge is 2.44. The van der Waals surface area contributed by atoms with Crippen LogP contribution in [-0.2, 0) is 0 Å². The third-order valence-electron chi connectivity index (χ3n) is 2.90. The summed E-state index contributed by atoms with van der Waals surface area (Å²) in [6, 6.07) is 3.76. The van der Waals surface area contributed by atoms with Crippen molar-refractivity contribution in [2.45, 2.75) is 17.2 Å². The molecule has 124 valence electrons. The Hall–Kier alpha value is -1.51. The zero-order valence-electron chi connectivity index (χ0n) is 12.2. The molecule has 0 saturated carbocycles.